The minimum Gasteiger partial charge on any atom is -0.443 e. The molecule has 0 aliphatic rings. The summed E-state index contributed by atoms with van der Waals surface area (Å²) in [6.45, 7) is 7.65. The summed E-state index contributed by atoms with van der Waals surface area (Å²) in [5.74, 6) is 2.30. The highest BCUT2D eigenvalue weighted by Gasteiger charge is 2.19. The molecule has 2 N–H and O–H groups in total. The summed E-state index contributed by atoms with van der Waals surface area (Å²) < 4.78 is 6.92. The standard InChI is InChI=1S/C16H23BrN4OS.HI/c1-16(2,3)12-9-20-14(22-12)10-21-15(18-4)19-8-7-11-5-6-13(17)23-11;/h5-6,9H,7-8,10H2,1-4H3,(H2,18,19,21);1H. The fraction of sp³-hybridized carbons (Fsp3) is 0.500. The Kier molecular flexibility index (Phi) is 8.72. The first kappa shape index (κ1) is 21.4. The summed E-state index contributed by atoms with van der Waals surface area (Å²) in [6, 6.07) is 4.20. The van der Waals surface area contributed by atoms with Gasteiger partial charge in [-0.15, -0.1) is 35.3 Å². The Hall–Kier alpha value is -0.610. The van der Waals surface area contributed by atoms with Crippen molar-refractivity contribution in [1.82, 2.24) is 15.6 Å². The van der Waals surface area contributed by atoms with E-state index >= 15 is 0 Å². The van der Waals surface area contributed by atoms with Gasteiger partial charge in [0.15, 0.2) is 5.96 Å². The number of nitrogens with zero attached hydrogens (tertiary/aromatic N) is 2. The van der Waals surface area contributed by atoms with Crippen LogP contribution in [0.2, 0.25) is 0 Å². The van der Waals surface area contributed by atoms with Crippen molar-refractivity contribution >= 4 is 57.2 Å². The maximum atomic E-state index is 5.76. The minimum atomic E-state index is -0.0276. The van der Waals surface area contributed by atoms with Gasteiger partial charge in [0.1, 0.15) is 5.76 Å². The number of nitrogens with one attached hydrogen (secondary N) is 2. The molecule has 0 spiro atoms. The smallest absolute Gasteiger partial charge is 0.213 e. The Morgan fingerprint density at radius 1 is 1.33 bits per heavy atom. The Balaban J connectivity index is 0.00000288. The quantitative estimate of drug-likeness (QED) is 0.346. The number of aliphatic imine (C=N–C) groups is 1. The van der Waals surface area contributed by atoms with E-state index in [9.17, 15) is 0 Å². The Morgan fingerprint density at radius 2 is 2.08 bits per heavy atom. The zero-order valence-electron chi connectivity index (χ0n) is 14.4. The molecule has 0 aliphatic heterocycles. The molecule has 2 aromatic heterocycles. The Bertz CT molecular complexity index is 663. The molecule has 0 fully saturated rings. The zero-order valence-corrected chi connectivity index (χ0v) is 19.1. The number of hydrogen-bond acceptors (Lipinski definition) is 4. The molecule has 24 heavy (non-hydrogen) atoms. The van der Waals surface area contributed by atoms with Crippen molar-refractivity contribution < 1.29 is 4.42 Å². The van der Waals surface area contributed by atoms with Crippen LogP contribution in [-0.2, 0) is 18.4 Å². The molecule has 2 aromatic rings. The molecule has 2 rings (SSSR count). The van der Waals surface area contributed by atoms with Crippen LogP contribution >= 0.6 is 51.2 Å². The van der Waals surface area contributed by atoms with E-state index in [0.717, 1.165) is 28.5 Å². The average molecular weight is 527 g/mol. The van der Waals surface area contributed by atoms with E-state index in [2.05, 4.69) is 69.4 Å². The van der Waals surface area contributed by atoms with Crippen LogP contribution in [0.25, 0.3) is 0 Å². The van der Waals surface area contributed by atoms with Crippen LogP contribution < -0.4 is 10.6 Å². The van der Waals surface area contributed by atoms with Crippen LogP contribution in [0, 0.1) is 0 Å². The largest absolute Gasteiger partial charge is 0.443 e. The van der Waals surface area contributed by atoms with Gasteiger partial charge >= 0.3 is 0 Å². The first-order valence-electron chi connectivity index (χ1n) is 7.52. The lowest BCUT2D eigenvalue weighted by Crippen LogP contribution is -2.37. The third-order valence-corrected chi connectivity index (χ3v) is 4.90. The van der Waals surface area contributed by atoms with E-state index in [1.54, 1.807) is 24.6 Å². The van der Waals surface area contributed by atoms with Gasteiger partial charge < -0.3 is 15.1 Å². The number of hydrogen-bond donors (Lipinski definition) is 2. The van der Waals surface area contributed by atoms with Gasteiger partial charge in [-0.1, -0.05) is 20.8 Å². The molecular weight excluding hydrogens is 503 g/mol. The Morgan fingerprint density at radius 3 is 2.62 bits per heavy atom. The van der Waals surface area contributed by atoms with E-state index < -0.39 is 0 Å². The topological polar surface area (TPSA) is 62.5 Å². The predicted octanol–water partition coefficient (Wildman–Crippen LogP) is 4.32. The van der Waals surface area contributed by atoms with Crippen molar-refractivity contribution in [3.05, 3.63) is 38.6 Å². The summed E-state index contributed by atoms with van der Waals surface area (Å²) in [6.07, 6.45) is 2.76. The van der Waals surface area contributed by atoms with Crippen LogP contribution in [0.5, 0.6) is 0 Å². The fourth-order valence-electron chi connectivity index (χ4n) is 1.91. The van der Waals surface area contributed by atoms with Crippen molar-refractivity contribution in [2.45, 2.75) is 39.2 Å². The van der Waals surface area contributed by atoms with E-state index in [1.807, 2.05) is 0 Å². The number of thiophene rings is 1. The number of oxazole rings is 1. The fourth-order valence-corrected chi connectivity index (χ4v) is 3.39. The molecular formula is C16H24BrIN4OS. The average Bonchev–Trinajstić information content (AvgIpc) is 3.11. The minimum absolute atomic E-state index is 0. The second-order valence-corrected chi connectivity index (χ2v) is 8.72. The van der Waals surface area contributed by atoms with Crippen molar-refractivity contribution in [1.29, 1.82) is 0 Å². The molecule has 0 atom stereocenters. The van der Waals surface area contributed by atoms with Crippen molar-refractivity contribution in [2.24, 2.45) is 4.99 Å². The third kappa shape index (κ3) is 6.72. The number of guanidine groups is 1. The van der Waals surface area contributed by atoms with Gasteiger partial charge in [0.2, 0.25) is 5.89 Å². The molecule has 0 unspecified atom stereocenters. The summed E-state index contributed by atoms with van der Waals surface area (Å²) in [5.41, 5.74) is -0.0276. The lowest BCUT2D eigenvalue weighted by atomic mass is 9.94. The summed E-state index contributed by atoms with van der Waals surface area (Å²) in [7, 11) is 1.76. The lowest BCUT2D eigenvalue weighted by molar-refractivity contribution is 0.379. The second-order valence-electron chi connectivity index (χ2n) is 6.18. The number of aromatic nitrogens is 1. The van der Waals surface area contributed by atoms with Gasteiger partial charge in [0, 0.05) is 23.9 Å². The predicted molar refractivity (Wildman–Crippen MR) is 115 cm³/mol. The van der Waals surface area contributed by atoms with Crippen LogP contribution in [0.1, 0.15) is 37.3 Å². The summed E-state index contributed by atoms with van der Waals surface area (Å²) >= 11 is 5.23. The van der Waals surface area contributed by atoms with Crippen LogP contribution in [-0.4, -0.2) is 24.5 Å². The van der Waals surface area contributed by atoms with Gasteiger partial charge in [-0.25, -0.2) is 4.98 Å². The van der Waals surface area contributed by atoms with E-state index in [-0.39, 0.29) is 29.4 Å². The molecule has 0 amide bonds. The van der Waals surface area contributed by atoms with Crippen molar-refractivity contribution in [3.63, 3.8) is 0 Å². The van der Waals surface area contributed by atoms with Gasteiger partial charge in [-0.2, -0.15) is 0 Å². The van der Waals surface area contributed by atoms with Gasteiger partial charge in [-0.05, 0) is 34.5 Å². The van der Waals surface area contributed by atoms with Crippen molar-refractivity contribution in [2.75, 3.05) is 13.6 Å². The number of halogens is 2. The van der Waals surface area contributed by atoms with Gasteiger partial charge in [-0.3, -0.25) is 4.99 Å². The monoisotopic (exact) mass is 526 g/mol. The maximum absolute atomic E-state index is 5.76. The normalized spacial score (nSPS) is 12.0. The van der Waals surface area contributed by atoms with Crippen LogP contribution in [0.15, 0.2) is 31.5 Å². The summed E-state index contributed by atoms with van der Waals surface area (Å²) in [5, 5.41) is 6.51. The highest BCUT2D eigenvalue weighted by Crippen LogP contribution is 2.23. The molecule has 0 aliphatic carbocycles. The SMILES string of the molecule is CN=C(NCCc1ccc(Br)s1)NCc1ncc(C(C)(C)C)o1.I. The molecule has 0 aromatic carbocycles. The molecule has 0 bridgehead atoms. The Labute approximate surface area is 172 Å². The molecule has 0 saturated carbocycles. The third-order valence-electron chi connectivity index (χ3n) is 3.22. The molecule has 2 heterocycles. The van der Waals surface area contributed by atoms with Crippen LogP contribution in [0.3, 0.4) is 0 Å². The molecule has 134 valence electrons. The van der Waals surface area contributed by atoms with Crippen molar-refractivity contribution in [3.8, 4) is 0 Å². The highest BCUT2D eigenvalue weighted by molar-refractivity contribution is 14.0. The molecule has 0 radical (unpaired) electrons. The van der Waals surface area contributed by atoms with Crippen LogP contribution in [0.4, 0.5) is 0 Å². The van der Waals surface area contributed by atoms with Gasteiger partial charge in [0.05, 0.1) is 16.5 Å². The number of rotatable bonds is 5. The molecule has 8 heteroatoms. The lowest BCUT2D eigenvalue weighted by Gasteiger charge is -2.13. The second kappa shape index (κ2) is 9.76. The molecule has 5 nitrogen and oxygen atoms in total. The van der Waals surface area contributed by atoms with Gasteiger partial charge in [0.25, 0.3) is 0 Å². The molecule has 0 saturated heterocycles. The first-order valence-corrected chi connectivity index (χ1v) is 9.13. The summed E-state index contributed by atoms with van der Waals surface area (Å²) in [4.78, 5) is 9.85. The first-order chi connectivity index (χ1) is 10.9. The zero-order chi connectivity index (χ0) is 16.9. The highest BCUT2D eigenvalue weighted by atomic mass is 127. The van der Waals surface area contributed by atoms with E-state index in [0.29, 0.717) is 12.4 Å². The maximum Gasteiger partial charge on any atom is 0.213 e. The van der Waals surface area contributed by atoms with E-state index in [4.69, 9.17) is 4.42 Å². The van der Waals surface area contributed by atoms with E-state index in [1.165, 1.54) is 4.88 Å².